The van der Waals surface area contributed by atoms with Gasteiger partial charge in [-0.3, -0.25) is 0 Å². The molecular weight excluding hydrogens is 775 g/mol. The monoisotopic (exact) mass is 815 g/mol. The van der Waals surface area contributed by atoms with Gasteiger partial charge in [0.15, 0.2) is 17.5 Å². The fraction of sp³-hybridized carbons (Fsp3) is 0.0656. The van der Waals surface area contributed by atoms with Gasteiger partial charge in [-0.2, -0.15) is 0 Å². The van der Waals surface area contributed by atoms with E-state index in [-0.39, 0.29) is 5.41 Å². The average Bonchev–Trinajstić information content (AvgIpc) is 3.66. The molecule has 1 spiro atoms. The smallest absolute Gasteiger partial charge is 0.164 e. The van der Waals surface area contributed by atoms with E-state index < -0.39 is 5.41 Å². The van der Waals surface area contributed by atoms with Gasteiger partial charge in [0.05, 0.1) is 5.41 Å². The third kappa shape index (κ3) is 5.19. The van der Waals surface area contributed by atoms with Crippen LogP contribution < -0.4 is 0 Å². The van der Waals surface area contributed by atoms with Crippen molar-refractivity contribution in [2.24, 2.45) is 0 Å². The number of rotatable bonds is 4. The molecule has 0 amide bonds. The molecule has 1 heterocycles. The van der Waals surface area contributed by atoms with Crippen molar-refractivity contribution in [3.63, 3.8) is 0 Å². The highest BCUT2D eigenvalue weighted by Gasteiger charge is 2.53. The fourth-order valence-corrected chi connectivity index (χ4v) is 11.3. The van der Waals surface area contributed by atoms with E-state index in [2.05, 4.69) is 208 Å². The first-order valence-corrected chi connectivity index (χ1v) is 22.2. The van der Waals surface area contributed by atoms with Gasteiger partial charge in [0, 0.05) is 22.1 Å². The second-order valence-corrected chi connectivity index (χ2v) is 17.9. The Kier molecular flexibility index (Phi) is 7.87. The van der Waals surface area contributed by atoms with E-state index in [1.54, 1.807) is 0 Å². The van der Waals surface area contributed by atoms with Crippen LogP contribution in [0.5, 0.6) is 0 Å². The summed E-state index contributed by atoms with van der Waals surface area (Å²) in [4.78, 5) is 15.6. The molecule has 0 saturated carbocycles. The van der Waals surface area contributed by atoms with Crippen LogP contribution in [-0.2, 0) is 10.8 Å². The summed E-state index contributed by atoms with van der Waals surface area (Å²) in [6.45, 7) is 4.76. The summed E-state index contributed by atoms with van der Waals surface area (Å²) in [6.07, 6.45) is 0. The maximum Gasteiger partial charge on any atom is 0.164 e. The van der Waals surface area contributed by atoms with Crippen LogP contribution in [-0.4, -0.2) is 15.0 Å². The first kappa shape index (κ1) is 36.6. The number of hydrogen-bond acceptors (Lipinski definition) is 3. The minimum atomic E-state index is -0.465. The predicted octanol–water partition coefficient (Wildman–Crippen LogP) is 15.0. The van der Waals surface area contributed by atoms with Gasteiger partial charge >= 0.3 is 0 Å². The van der Waals surface area contributed by atoms with Crippen LogP contribution in [0.1, 0.15) is 47.2 Å². The van der Waals surface area contributed by atoms with E-state index in [1.807, 2.05) is 18.2 Å². The van der Waals surface area contributed by atoms with Gasteiger partial charge in [0.2, 0.25) is 0 Å². The van der Waals surface area contributed by atoms with E-state index in [1.165, 1.54) is 76.8 Å². The molecule has 3 heteroatoms. The lowest BCUT2D eigenvalue weighted by Crippen LogP contribution is -2.40. The minimum Gasteiger partial charge on any atom is -0.208 e. The molecule has 11 aromatic rings. The zero-order chi connectivity index (χ0) is 42.6. The molecule has 10 aromatic carbocycles. The van der Waals surface area contributed by atoms with Crippen molar-refractivity contribution in [2.45, 2.75) is 24.7 Å². The Morgan fingerprint density at radius 3 is 1.33 bits per heavy atom. The molecule has 0 saturated heterocycles. The van der Waals surface area contributed by atoms with Crippen molar-refractivity contribution in [1.82, 2.24) is 15.0 Å². The lowest BCUT2D eigenvalue weighted by Gasteiger charge is -2.46. The summed E-state index contributed by atoms with van der Waals surface area (Å²) in [7, 11) is 0. The molecule has 0 unspecified atom stereocenters. The molecule has 0 N–H and O–H groups in total. The second kappa shape index (κ2) is 13.7. The third-order valence-electron chi connectivity index (χ3n) is 14.2. The molecule has 2 aliphatic carbocycles. The van der Waals surface area contributed by atoms with Crippen LogP contribution in [0.4, 0.5) is 0 Å². The second-order valence-electron chi connectivity index (χ2n) is 17.9. The summed E-state index contributed by atoms with van der Waals surface area (Å²) >= 11 is 0. The Hall–Kier alpha value is -8.01. The fourth-order valence-electron chi connectivity index (χ4n) is 11.3. The summed E-state index contributed by atoms with van der Waals surface area (Å²) in [5.74, 6) is 1.92. The summed E-state index contributed by atoms with van der Waals surface area (Å²) < 4.78 is 0. The summed E-state index contributed by atoms with van der Waals surface area (Å²) in [5.41, 5.74) is 15.1. The molecule has 3 nitrogen and oxygen atoms in total. The van der Waals surface area contributed by atoms with Gasteiger partial charge in [-0.15, -0.1) is 0 Å². The zero-order valence-corrected chi connectivity index (χ0v) is 35.5. The number of benzene rings is 10. The molecule has 0 fully saturated rings. The van der Waals surface area contributed by atoms with Gasteiger partial charge in [-0.05, 0) is 106 Å². The first-order valence-electron chi connectivity index (χ1n) is 22.2. The normalized spacial score (nSPS) is 14.0. The van der Waals surface area contributed by atoms with Crippen LogP contribution in [0, 0.1) is 0 Å². The quantitative estimate of drug-likeness (QED) is 0.166. The number of fused-ring (bicyclic) bond motifs is 15. The van der Waals surface area contributed by atoms with Crippen LogP contribution >= 0.6 is 0 Å². The van der Waals surface area contributed by atoms with Gasteiger partial charge in [-0.25, -0.2) is 15.0 Å². The highest BCUT2D eigenvalue weighted by Crippen LogP contribution is 2.62. The van der Waals surface area contributed by atoms with E-state index in [9.17, 15) is 0 Å². The van der Waals surface area contributed by atoms with E-state index in [0.29, 0.717) is 17.5 Å². The van der Waals surface area contributed by atoms with Crippen LogP contribution in [0.3, 0.4) is 0 Å². The molecule has 0 radical (unpaired) electrons. The zero-order valence-electron chi connectivity index (χ0n) is 35.5. The Morgan fingerprint density at radius 1 is 0.266 bits per heavy atom. The molecular formula is C61H41N3. The SMILES string of the molecule is CC1(C)c2ccccc2C2(c3ccccc3-c3ccccc32)c2cc(-c3cccc(-c4nc(-c5ccccc5)nc(-c5ccc6c7ccccc7c7ccccc7c6c5)n4)c3)ccc21. The Labute approximate surface area is 372 Å². The Bertz CT molecular complexity index is 3630. The van der Waals surface area contributed by atoms with Crippen LogP contribution in [0.2, 0.25) is 0 Å². The first-order chi connectivity index (χ1) is 31.5. The van der Waals surface area contributed by atoms with Crippen molar-refractivity contribution in [2.75, 3.05) is 0 Å². The molecule has 0 aliphatic heterocycles. The standard InChI is InChI=1S/C61H41N3/c1-60(2)53-29-14-15-30-55(53)61(51-27-12-10-25-48(51)49-26-11-13-28-52(49)61)56-37-40(32-34-54(56)60)39-19-16-20-41(35-39)58-62-57(38-17-4-3-5-18-38)63-59(64-58)42-31-33-47-45-23-7-6-21-43(45)44-22-8-9-24-46(44)50(47)36-42/h3-37H,1-2H3. The molecule has 2 aliphatic rings. The van der Waals surface area contributed by atoms with Crippen molar-refractivity contribution in [3.8, 4) is 56.4 Å². The Morgan fingerprint density at radius 2 is 0.688 bits per heavy atom. The van der Waals surface area contributed by atoms with Crippen LogP contribution in [0.15, 0.2) is 212 Å². The summed E-state index contributed by atoms with van der Waals surface area (Å²) in [5, 5.41) is 7.34. The van der Waals surface area contributed by atoms with Crippen molar-refractivity contribution < 1.29 is 0 Å². The highest BCUT2D eigenvalue weighted by atomic mass is 15.0. The largest absolute Gasteiger partial charge is 0.208 e. The topological polar surface area (TPSA) is 38.7 Å². The Balaban J connectivity index is 0.995. The maximum atomic E-state index is 5.28. The molecule has 1 aromatic heterocycles. The number of aromatic nitrogens is 3. The lowest BCUT2D eigenvalue weighted by molar-refractivity contribution is 0.563. The van der Waals surface area contributed by atoms with Crippen molar-refractivity contribution >= 4 is 32.3 Å². The van der Waals surface area contributed by atoms with Gasteiger partial charge in [0.25, 0.3) is 0 Å². The van der Waals surface area contributed by atoms with E-state index in [4.69, 9.17) is 15.0 Å². The molecule has 13 rings (SSSR count). The lowest BCUT2D eigenvalue weighted by atomic mass is 9.55. The van der Waals surface area contributed by atoms with E-state index in [0.717, 1.165) is 27.8 Å². The van der Waals surface area contributed by atoms with Gasteiger partial charge in [-0.1, -0.05) is 208 Å². The highest BCUT2D eigenvalue weighted by molar-refractivity contribution is 6.25. The molecule has 0 bridgehead atoms. The predicted molar refractivity (Wildman–Crippen MR) is 264 cm³/mol. The van der Waals surface area contributed by atoms with Crippen molar-refractivity contribution in [1.29, 1.82) is 0 Å². The number of hydrogen-bond donors (Lipinski definition) is 0. The van der Waals surface area contributed by atoms with Gasteiger partial charge < -0.3 is 0 Å². The van der Waals surface area contributed by atoms with Gasteiger partial charge in [0.1, 0.15) is 0 Å². The third-order valence-corrected chi connectivity index (χ3v) is 14.2. The molecule has 300 valence electrons. The van der Waals surface area contributed by atoms with E-state index >= 15 is 0 Å². The molecule has 0 atom stereocenters. The molecule has 64 heavy (non-hydrogen) atoms. The minimum absolute atomic E-state index is 0.207. The maximum absolute atomic E-state index is 5.28. The average molecular weight is 816 g/mol. The van der Waals surface area contributed by atoms with Crippen LogP contribution in [0.25, 0.3) is 88.7 Å². The summed E-state index contributed by atoms with van der Waals surface area (Å²) in [6, 6.07) is 77.4. The van der Waals surface area contributed by atoms with Crippen molar-refractivity contribution in [3.05, 3.63) is 246 Å². The number of nitrogens with zero attached hydrogens (tertiary/aromatic N) is 3.